The molecule has 0 saturated carbocycles. The van der Waals surface area contributed by atoms with Gasteiger partial charge < -0.3 is 9.88 Å². The number of thiophene rings is 1. The van der Waals surface area contributed by atoms with E-state index >= 15 is 4.39 Å². The molecule has 2 aromatic heterocycles. The van der Waals surface area contributed by atoms with Gasteiger partial charge in [-0.1, -0.05) is 46.8 Å². The third-order valence-electron chi connectivity index (χ3n) is 5.26. The Hall–Kier alpha value is -2.72. The van der Waals surface area contributed by atoms with Crippen molar-refractivity contribution in [2.45, 2.75) is 64.1 Å². The van der Waals surface area contributed by atoms with Gasteiger partial charge in [0.15, 0.2) is 0 Å². The second kappa shape index (κ2) is 10.5. The molecule has 0 saturated heterocycles. The Labute approximate surface area is 210 Å². The average molecular weight is 521 g/mol. The molecule has 35 heavy (non-hydrogen) atoms. The molecule has 0 aliphatic carbocycles. The summed E-state index contributed by atoms with van der Waals surface area (Å²) in [4.78, 5) is 17.2. The van der Waals surface area contributed by atoms with E-state index in [1.165, 1.54) is 6.07 Å². The van der Waals surface area contributed by atoms with Crippen molar-refractivity contribution >= 4 is 27.4 Å². The number of amides is 2. The van der Waals surface area contributed by atoms with Crippen LogP contribution in [-0.2, 0) is 28.4 Å². The molecule has 0 spiro atoms. The van der Waals surface area contributed by atoms with Gasteiger partial charge in [0.05, 0.1) is 6.54 Å². The fourth-order valence-electron chi connectivity index (χ4n) is 3.80. The van der Waals surface area contributed by atoms with Crippen LogP contribution in [0.3, 0.4) is 0 Å². The van der Waals surface area contributed by atoms with Gasteiger partial charge in [-0.2, -0.15) is 0 Å². The van der Waals surface area contributed by atoms with Crippen LogP contribution in [0.4, 0.5) is 9.18 Å². The third kappa shape index (κ3) is 6.49. The molecule has 3 rings (SSSR count). The smallest absolute Gasteiger partial charge is 0.328 e. The van der Waals surface area contributed by atoms with E-state index in [9.17, 15) is 13.2 Å². The van der Waals surface area contributed by atoms with Crippen molar-refractivity contribution in [2.75, 3.05) is 6.54 Å². The molecule has 0 fully saturated rings. The zero-order valence-electron chi connectivity index (χ0n) is 21.0. The summed E-state index contributed by atoms with van der Waals surface area (Å²) in [6, 6.07) is 5.73. The fraction of sp³-hybridized carbons (Fsp3) is 0.440. The number of aromatic nitrogens is 2. The number of sulfonamides is 1. The van der Waals surface area contributed by atoms with Gasteiger partial charge in [-0.25, -0.2) is 27.3 Å². The van der Waals surface area contributed by atoms with Crippen molar-refractivity contribution in [3.8, 4) is 11.1 Å². The van der Waals surface area contributed by atoms with Gasteiger partial charge in [-0.3, -0.25) is 0 Å². The van der Waals surface area contributed by atoms with E-state index in [1.54, 1.807) is 31.3 Å². The van der Waals surface area contributed by atoms with Crippen LogP contribution in [0.15, 0.2) is 40.9 Å². The van der Waals surface area contributed by atoms with Crippen LogP contribution in [0.2, 0.25) is 0 Å². The number of urea groups is 1. The summed E-state index contributed by atoms with van der Waals surface area (Å²) in [6.45, 7) is 12.5. The maximum absolute atomic E-state index is 15.3. The molecule has 0 atom stereocenters. The Kier molecular flexibility index (Phi) is 8.06. The van der Waals surface area contributed by atoms with E-state index in [0.717, 1.165) is 22.0 Å². The monoisotopic (exact) mass is 520 g/mol. The summed E-state index contributed by atoms with van der Waals surface area (Å²) in [5.41, 5.74) is 1.10. The first-order valence-corrected chi connectivity index (χ1v) is 13.9. The SMILES string of the molecule is CCNC(=O)NS(=O)(=O)c1sc(CC(C)C)cc1-c1ccc(Cn2ccnc2C(C)(C)C)c(F)c1. The zero-order chi connectivity index (χ0) is 26.0. The molecule has 10 heteroatoms. The molecule has 2 amide bonds. The molecule has 0 bridgehead atoms. The van der Waals surface area contributed by atoms with Crippen molar-refractivity contribution in [3.63, 3.8) is 0 Å². The predicted octanol–water partition coefficient (Wildman–Crippen LogP) is 5.30. The summed E-state index contributed by atoms with van der Waals surface area (Å²) >= 11 is 1.10. The minimum atomic E-state index is -4.14. The van der Waals surface area contributed by atoms with E-state index in [0.29, 0.717) is 35.6 Å². The molecule has 190 valence electrons. The lowest BCUT2D eigenvalue weighted by Gasteiger charge is -2.20. The summed E-state index contributed by atoms with van der Waals surface area (Å²) in [6.07, 6.45) is 4.20. The van der Waals surface area contributed by atoms with Gasteiger partial charge in [-0.15, -0.1) is 11.3 Å². The number of rotatable bonds is 8. The minimum Gasteiger partial charge on any atom is -0.338 e. The molecular formula is C25H33FN4O3S2. The lowest BCUT2D eigenvalue weighted by Crippen LogP contribution is -2.39. The molecule has 2 heterocycles. The molecular weight excluding hydrogens is 487 g/mol. The zero-order valence-corrected chi connectivity index (χ0v) is 22.6. The highest BCUT2D eigenvalue weighted by molar-refractivity contribution is 7.92. The van der Waals surface area contributed by atoms with Crippen LogP contribution < -0.4 is 10.0 Å². The highest BCUT2D eigenvalue weighted by Gasteiger charge is 2.26. The average Bonchev–Trinajstić information content (AvgIpc) is 3.36. The first-order valence-electron chi connectivity index (χ1n) is 11.6. The van der Waals surface area contributed by atoms with Crippen LogP contribution in [0, 0.1) is 11.7 Å². The first-order chi connectivity index (χ1) is 16.3. The number of imidazole rings is 1. The maximum atomic E-state index is 15.3. The first kappa shape index (κ1) is 26.9. The molecule has 3 aromatic rings. The maximum Gasteiger partial charge on any atom is 0.328 e. The summed E-state index contributed by atoms with van der Waals surface area (Å²) in [7, 11) is -4.14. The van der Waals surface area contributed by atoms with Crippen molar-refractivity contribution in [1.82, 2.24) is 19.6 Å². The van der Waals surface area contributed by atoms with Crippen molar-refractivity contribution in [1.29, 1.82) is 0 Å². The van der Waals surface area contributed by atoms with E-state index in [4.69, 9.17) is 0 Å². The number of nitrogens with zero attached hydrogens (tertiary/aromatic N) is 2. The summed E-state index contributed by atoms with van der Waals surface area (Å²) in [5, 5.41) is 2.43. The van der Waals surface area contributed by atoms with Gasteiger partial charge in [-0.05, 0) is 37.0 Å². The molecule has 2 N–H and O–H groups in total. The van der Waals surface area contributed by atoms with Crippen LogP contribution in [0.5, 0.6) is 0 Å². The lowest BCUT2D eigenvalue weighted by molar-refractivity contribution is 0.246. The highest BCUT2D eigenvalue weighted by atomic mass is 32.2. The molecule has 1 aromatic carbocycles. The van der Waals surface area contributed by atoms with E-state index in [2.05, 4.69) is 15.0 Å². The van der Waals surface area contributed by atoms with E-state index in [-0.39, 0.29) is 16.2 Å². The Bertz CT molecular complexity index is 1300. The number of nitrogens with one attached hydrogen (secondary N) is 2. The number of carbonyl (C=O) groups excluding carboxylic acids is 1. The van der Waals surface area contributed by atoms with Crippen LogP contribution in [0.1, 0.15) is 57.8 Å². The molecule has 7 nitrogen and oxygen atoms in total. The number of halogens is 1. The van der Waals surface area contributed by atoms with Gasteiger partial charge >= 0.3 is 6.03 Å². The Morgan fingerprint density at radius 1 is 1.23 bits per heavy atom. The van der Waals surface area contributed by atoms with Gasteiger partial charge in [0.2, 0.25) is 0 Å². The van der Waals surface area contributed by atoms with Gasteiger partial charge in [0, 0.05) is 40.4 Å². The standard InChI is InChI=1S/C25H33FN4O3S2/c1-7-27-24(31)29-35(32,33)22-20(14-19(34-22)12-16(2)3)17-8-9-18(21(26)13-17)15-30-11-10-28-23(30)25(4,5)6/h8-11,13-14,16H,7,12,15H2,1-6H3,(H2,27,29,31). The summed E-state index contributed by atoms with van der Waals surface area (Å²) < 4.78 is 45.3. The van der Waals surface area contributed by atoms with Crippen LogP contribution >= 0.6 is 11.3 Å². The number of hydrogen-bond acceptors (Lipinski definition) is 5. The van der Waals surface area contributed by atoms with Crippen LogP contribution in [-0.4, -0.2) is 30.5 Å². The van der Waals surface area contributed by atoms with Crippen molar-refractivity contribution in [2.24, 2.45) is 5.92 Å². The topological polar surface area (TPSA) is 93.1 Å². The fourth-order valence-corrected chi connectivity index (χ4v) is 6.68. The Balaban J connectivity index is 2.00. The van der Waals surface area contributed by atoms with E-state index < -0.39 is 21.9 Å². The Morgan fingerprint density at radius 2 is 1.94 bits per heavy atom. The minimum absolute atomic E-state index is 0.00354. The lowest BCUT2D eigenvalue weighted by atomic mass is 9.95. The predicted molar refractivity (Wildman–Crippen MR) is 138 cm³/mol. The van der Waals surface area contributed by atoms with Gasteiger partial charge in [0.1, 0.15) is 15.9 Å². The van der Waals surface area contributed by atoms with E-state index in [1.807, 2.05) is 45.4 Å². The molecule has 0 unspecified atom stereocenters. The largest absolute Gasteiger partial charge is 0.338 e. The molecule has 0 aliphatic heterocycles. The number of benzene rings is 1. The Morgan fingerprint density at radius 3 is 2.54 bits per heavy atom. The highest BCUT2D eigenvalue weighted by Crippen LogP contribution is 2.37. The third-order valence-corrected chi connectivity index (χ3v) is 8.28. The molecule has 0 aliphatic rings. The normalized spacial score (nSPS) is 12.2. The second-order valence-electron chi connectivity index (χ2n) is 9.91. The number of hydrogen-bond donors (Lipinski definition) is 2. The number of carbonyl (C=O) groups is 1. The quantitative estimate of drug-likeness (QED) is 0.421. The van der Waals surface area contributed by atoms with Crippen molar-refractivity contribution in [3.05, 3.63) is 58.7 Å². The van der Waals surface area contributed by atoms with Gasteiger partial charge in [0.25, 0.3) is 10.0 Å². The van der Waals surface area contributed by atoms with Crippen LogP contribution in [0.25, 0.3) is 11.1 Å². The second-order valence-corrected chi connectivity index (χ2v) is 12.9. The van der Waals surface area contributed by atoms with Crippen molar-refractivity contribution < 1.29 is 17.6 Å². The summed E-state index contributed by atoms with van der Waals surface area (Å²) in [5.74, 6) is 0.717. The molecule has 0 radical (unpaired) electrons.